The lowest BCUT2D eigenvalue weighted by Crippen LogP contribution is -2.35. The maximum atomic E-state index is 12.7. The van der Waals surface area contributed by atoms with Gasteiger partial charge in [0.2, 0.25) is 5.88 Å². The maximum Gasteiger partial charge on any atom is 0.416 e. The maximum absolute atomic E-state index is 12.7. The van der Waals surface area contributed by atoms with E-state index in [0.29, 0.717) is 5.56 Å². The molecule has 0 bridgehead atoms. The Kier molecular flexibility index (Phi) is 5.29. The average Bonchev–Trinajstić information content (AvgIpc) is 2.62. The number of rotatable bonds is 3. The highest BCUT2D eigenvalue weighted by Gasteiger charge is 2.31. The summed E-state index contributed by atoms with van der Waals surface area (Å²) in [6.45, 7) is 4.89. The van der Waals surface area contributed by atoms with E-state index in [2.05, 4.69) is 10.3 Å². The number of halogens is 3. The molecule has 7 nitrogen and oxygen atoms in total. The number of fused-ring (bicyclic) bond motifs is 1. The highest BCUT2D eigenvalue weighted by molar-refractivity contribution is 5.70. The van der Waals surface area contributed by atoms with Gasteiger partial charge < -0.3 is 14.8 Å². The normalized spacial score (nSPS) is 16.4. The van der Waals surface area contributed by atoms with E-state index in [-0.39, 0.29) is 24.7 Å². The highest BCUT2D eigenvalue weighted by Crippen LogP contribution is 2.32. The van der Waals surface area contributed by atoms with Crippen molar-refractivity contribution in [1.82, 2.24) is 9.55 Å². The first kappa shape index (κ1) is 20.7. The number of aromatic nitrogens is 2. The summed E-state index contributed by atoms with van der Waals surface area (Å²) in [5.74, 6) is -0.532. The van der Waals surface area contributed by atoms with Crippen molar-refractivity contribution in [3.8, 4) is 5.88 Å². The van der Waals surface area contributed by atoms with Crippen LogP contribution < -0.4 is 15.6 Å². The van der Waals surface area contributed by atoms with Gasteiger partial charge in [-0.25, -0.2) is 4.98 Å². The minimum absolute atomic E-state index is 0.0345. The topological polar surface area (TPSA) is 82.5 Å². The number of hydrogen-bond acceptors (Lipinski definition) is 6. The van der Waals surface area contributed by atoms with E-state index in [1.54, 1.807) is 20.8 Å². The SMILES string of the molecule is CC(C)(C)OC(=O)Cn1cnc2c(c1=O)N[C@H](c1ccc(C(F)(F)F)cc1)CO2. The van der Waals surface area contributed by atoms with Crippen LogP contribution >= 0.6 is 0 Å². The summed E-state index contributed by atoms with van der Waals surface area (Å²) in [4.78, 5) is 28.7. The van der Waals surface area contributed by atoms with Crippen LogP contribution in [0.25, 0.3) is 0 Å². The van der Waals surface area contributed by atoms with Crippen LogP contribution in [0.4, 0.5) is 18.9 Å². The van der Waals surface area contributed by atoms with Gasteiger partial charge in [0, 0.05) is 0 Å². The molecule has 0 aliphatic carbocycles. The zero-order valence-corrected chi connectivity index (χ0v) is 16.0. The highest BCUT2D eigenvalue weighted by atomic mass is 19.4. The summed E-state index contributed by atoms with van der Waals surface area (Å²) in [7, 11) is 0. The van der Waals surface area contributed by atoms with Crippen LogP contribution in [-0.4, -0.2) is 27.7 Å². The third-order valence-corrected chi connectivity index (χ3v) is 4.07. The smallest absolute Gasteiger partial charge is 0.416 e. The van der Waals surface area contributed by atoms with Gasteiger partial charge in [-0.1, -0.05) is 12.1 Å². The van der Waals surface area contributed by atoms with Gasteiger partial charge in [0.15, 0.2) is 5.69 Å². The van der Waals surface area contributed by atoms with Crippen molar-refractivity contribution >= 4 is 11.7 Å². The van der Waals surface area contributed by atoms with Gasteiger partial charge >= 0.3 is 12.1 Å². The molecule has 1 aliphatic heterocycles. The molecule has 0 saturated heterocycles. The summed E-state index contributed by atoms with van der Waals surface area (Å²) in [6.07, 6.45) is -3.24. The summed E-state index contributed by atoms with van der Waals surface area (Å²) in [5, 5.41) is 2.95. The Labute approximate surface area is 164 Å². The van der Waals surface area contributed by atoms with Crippen molar-refractivity contribution < 1.29 is 27.4 Å². The number of ether oxygens (including phenoxy) is 2. The summed E-state index contributed by atoms with van der Waals surface area (Å²) in [6, 6.07) is 4.04. The second-order valence-electron chi connectivity index (χ2n) is 7.57. The lowest BCUT2D eigenvalue weighted by Gasteiger charge is -2.27. The molecule has 0 saturated carbocycles. The number of anilines is 1. The van der Waals surface area contributed by atoms with Gasteiger partial charge in [0.1, 0.15) is 25.1 Å². The fourth-order valence-corrected chi connectivity index (χ4v) is 2.79. The number of nitrogens with one attached hydrogen (secondary N) is 1. The molecule has 29 heavy (non-hydrogen) atoms. The standard InChI is InChI=1S/C19H20F3N3O4/c1-18(2,3)29-14(26)8-25-10-23-16-15(17(25)27)24-13(9-28-16)11-4-6-12(7-5-11)19(20,21)22/h4-7,10,13,24H,8-9H2,1-3H3/t13-/m0/s1. The van der Waals surface area contributed by atoms with Crippen molar-refractivity contribution in [2.24, 2.45) is 0 Å². The quantitative estimate of drug-likeness (QED) is 0.782. The number of esters is 1. The molecule has 0 amide bonds. The Morgan fingerprint density at radius 2 is 1.93 bits per heavy atom. The van der Waals surface area contributed by atoms with Crippen LogP contribution in [0.3, 0.4) is 0 Å². The number of carbonyl (C=O) groups is 1. The predicted molar refractivity (Wildman–Crippen MR) is 97.6 cm³/mol. The number of nitrogens with zero attached hydrogens (tertiary/aromatic N) is 2. The Morgan fingerprint density at radius 1 is 1.28 bits per heavy atom. The minimum Gasteiger partial charge on any atom is -0.473 e. The molecule has 0 fully saturated rings. The molecule has 0 radical (unpaired) electrons. The second-order valence-corrected chi connectivity index (χ2v) is 7.57. The molecule has 156 valence electrons. The van der Waals surface area contributed by atoms with Crippen molar-refractivity contribution in [2.75, 3.05) is 11.9 Å². The first-order valence-electron chi connectivity index (χ1n) is 8.82. The lowest BCUT2D eigenvalue weighted by atomic mass is 10.0. The molecule has 1 aromatic heterocycles. The van der Waals surface area contributed by atoms with Gasteiger partial charge in [-0.3, -0.25) is 14.2 Å². The van der Waals surface area contributed by atoms with Crippen LogP contribution in [-0.2, 0) is 22.3 Å². The van der Waals surface area contributed by atoms with E-state index in [1.165, 1.54) is 18.5 Å². The van der Waals surface area contributed by atoms with Crippen molar-refractivity contribution in [2.45, 2.75) is 45.1 Å². The van der Waals surface area contributed by atoms with E-state index >= 15 is 0 Å². The van der Waals surface area contributed by atoms with E-state index in [4.69, 9.17) is 9.47 Å². The molecular formula is C19H20F3N3O4. The first-order valence-corrected chi connectivity index (χ1v) is 8.82. The van der Waals surface area contributed by atoms with Crippen molar-refractivity contribution in [1.29, 1.82) is 0 Å². The first-order chi connectivity index (χ1) is 13.4. The van der Waals surface area contributed by atoms with E-state index in [1.807, 2.05) is 0 Å². The largest absolute Gasteiger partial charge is 0.473 e. The number of hydrogen-bond donors (Lipinski definition) is 1. The third-order valence-electron chi connectivity index (χ3n) is 4.07. The minimum atomic E-state index is -4.43. The van der Waals surface area contributed by atoms with Gasteiger partial charge in [-0.05, 0) is 38.5 Å². The zero-order valence-electron chi connectivity index (χ0n) is 16.0. The van der Waals surface area contributed by atoms with E-state index < -0.39 is 34.9 Å². The van der Waals surface area contributed by atoms with Crippen LogP contribution in [0.2, 0.25) is 0 Å². The molecule has 2 aromatic rings. The van der Waals surface area contributed by atoms with E-state index in [9.17, 15) is 22.8 Å². The van der Waals surface area contributed by atoms with Crippen LogP contribution in [0.15, 0.2) is 35.4 Å². The van der Waals surface area contributed by atoms with Crippen LogP contribution in [0.1, 0.15) is 37.9 Å². The van der Waals surface area contributed by atoms with Gasteiger partial charge in [0.25, 0.3) is 5.56 Å². The lowest BCUT2D eigenvalue weighted by molar-refractivity contribution is -0.155. The summed E-state index contributed by atoms with van der Waals surface area (Å²) >= 11 is 0. The van der Waals surface area contributed by atoms with Crippen LogP contribution in [0.5, 0.6) is 5.88 Å². The number of alkyl halides is 3. The Hall–Kier alpha value is -3.04. The van der Waals surface area contributed by atoms with Gasteiger partial charge in [0.05, 0.1) is 11.6 Å². The predicted octanol–water partition coefficient (Wildman–Crippen LogP) is 3.15. The summed E-state index contributed by atoms with van der Waals surface area (Å²) in [5.41, 5.74) is -1.45. The summed E-state index contributed by atoms with van der Waals surface area (Å²) < 4.78 is 50.0. The molecule has 1 aliphatic rings. The fraction of sp³-hybridized carbons (Fsp3) is 0.421. The zero-order chi connectivity index (χ0) is 21.4. The molecule has 0 unspecified atom stereocenters. The van der Waals surface area contributed by atoms with Crippen LogP contribution in [0, 0.1) is 0 Å². The monoisotopic (exact) mass is 411 g/mol. The molecule has 10 heteroatoms. The fourth-order valence-electron chi connectivity index (χ4n) is 2.79. The van der Waals surface area contributed by atoms with Crippen molar-refractivity contribution in [3.05, 3.63) is 52.1 Å². The molecule has 1 N–H and O–H groups in total. The Bertz CT molecular complexity index is 963. The number of benzene rings is 1. The molecule has 0 spiro atoms. The Balaban J connectivity index is 1.80. The number of carbonyl (C=O) groups excluding carboxylic acids is 1. The molecule has 2 heterocycles. The van der Waals surface area contributed by atoms with E-state index in [0.717, 1.165) is 16.7 Å². The third kappa shape index (κ3) is 4.87. The Morgan fingerprint density at radius 3 is 2.52 bits per heavy atom. The molecule has 1 aromatic carbocycles. The van der Waals surface area contributed by atoms with Crippen molar-refractivity contribution in [3.63, 3.8) is 0 Å². The average molecular weight is 411 g/mol. The van der Waals surface area contributed by atoms with Gasteiger partial charge in [-0.2, -0.15) is 13.2 Å². The molecular weight excluding hydrogens is 391 g/mol. The van der Waals surface area contributed by atoms with Gasteiger partial charge in [-0.15, -0.1) is 0 Å². The molecule has 3 rings (SSSR count). The second kappa shape index (κ2) is 7.41. The molecule has 1 atom stereocenters.